The van der Waals surface area contributed by atoms with E-state index >= 15 is 0 Å². The van der Waals surface area contributed by atoms with Crippen LogP contribution in [0.3, 0.4) is 0 Å². The van der Waals surface area contributed by atoms with Gasteiger partial charge in [0.2, 0.25) is 0 Å². The molecule has 0 saturated carbocycles. The van der Waals surface area contributed by atoms with Crippen molar-refractivity contribution in [1.82, 2.24) is 0 Å². The zero-order valence-electron chi connectivity index (χ0n) is 18.0. The number of fused-ring (bicyclic) bond motifs is 1. The molecule has 1 amide bonds. The highest BCUT2D eigenvalue weighted by atomic mass is 19.1. The molecule has 3 aromatic rings. The number of likely N-dealkylation sites (N-methyl/N-ethyl adjacent to an activating group) is 1. The van der Waals surface area contributed by atoms with Crippen molar-refractivity contribution in [2.75, 3.05) is 24.4 Å². The van der Waals surface area contributed by atoms with E-state index in [1.807, 2.05) is 56.3 Å². The number of para-hydroxylation sites is 1. The van der Waals surface area contributed by atoms with Gasteiger partial charge in [-0.2, -0.15) is 0 Å². The summed E-state index contributed by atoms with van der Waals surface area (Å²) in [6.07, 6.45) is 0. The first-order valence-electron chi connectivity index (χ1n) is 10.1. The third-order valence-electron chi connectivity index (χ3n) is 5.48. The molecule has 31 heavy (non-hydrogen) atoms. The number of nitrogens with zero attached hydrogens (tertiary/aromatic N) is 1. The largest absolute Gasteiger partial charge is 0.496 e. The third-order valence-corrected chi connectivity index (χ3v) is 5.48. The molecule has 0 aliphatic carbocycles. The number of nitrogens with one attached hydrogen (secondary N) is 1. The fraction of sp³-hybridized carbons (Fsp3) is 0.240. The predicted octanol–water partition coefficient (Wildman–Crippen LogP) is 5.25. The number of carbonyl (C=O) groups excluding carboxylic acids is 1. The van der Waals surface area contributed by atoms with Crippen molar-refractivity contribution >= 4 is 17.3 Å². The van der Waals surface area contributed by atoms with E-state index in [2.05, 4.69) is 5.32 Å². The smallest absolute Gasteiger partial charge is 0.251 e. The number of hydrogen-bond acceptors (Lipinski definition) is 4. The predicted molar refractivity (Wildman–Crippen MR) is 120 cm³/mol. The average molecular weight is 420 g/mol. The molecule has 3 aromatic carbocycles. The maximum Gasteiger partial charge on any atom is 0.251 e. The summed E-state index contributed by atoms with van der Waals surface area (Å²) in [5.41, 5.74) is 3.20. The second-order valence-corrected chi connectivity index (χ2v) is 8.05. The number of carbonyl (C=O) groups is 1. The number of halogens is 1. The summed E-state index contributed by atoms with van der Waals surface area (Å²) in [4.78, 5) is 14.7. The monoisotopic (exact) mass is 420 g/mol. The molecule has 0 spiro atoms. The Morgan fingerprint density at radius 2 is 1.74 bits per heavy atom. The summed E-state index contributed by atoms with van der Waals surface area (Å²) in [6, 6.07) is 17.8. The van der Waals surface area contributed by atoms with Crippen LogP contribution in [-0.4, -0.2) is 25.6 Å². The van der Waals surface area contributed by atoms with Crippen LogP contribution in [0.25, 0.3) is 11.1 Å². The number of ether oxygens (including phenoxy) is 2. The van der Waals surface area contributed by atoms with Crippen LogP contribution in [-0.2, 0) is 11.4 Å². The summed E-state index contributed by atoms with van der Waals surface area (Å²) in [6.45, 7) is 3.93. The molecule has 1 aliphatic rings. The Morgan fingerprint density at radius 1 is 1.03 bits per heavy atom. The van der Waals surface area contributed by atoms with Gasteiger partial charge in [-0.3, -0.25) is 4.79 Å². The Bertz CT molecular complexity index is 1130. The van der Waals surface area contributed by atoms with E-state index in [0.717, 1.165) is 33.8 Å². The summed E-state index contributed by atoms with van der Waals surface area (Å²) < 4.78 is 25.3. The van der Waals surface area contributed by atoms with Gasteiger partial charge in [-0.25, -0.2) is 4.39 Å². The molecule has 1 N–H and O–H groups in total. The van der Waals surface area contributed by atoms with Gasteiger partial charge in [0, 0.05) is 24.2 Å². The molecular formula is C25H25FN2O3. The van der Waals surface area contributed by atoms with Crippen LogP contribution < -0.4 is 19.7 Å². The standard InChI is InChI=1S/C25H25FN2O3/c1-25(2)24(29)28(3)23-20(15-31-17-8-6-5-7-9-17)18(12-13-21(23)27-25)19-11-10-16(26)14-22(19)30-4/h5-14,27H,15H2,1-4H3. The van der Waals surface area contributed by atoms with Crippen molar-refractivity contribution in [2.24, 2.45) is 0 Å². The minimum Gasteiger partial charge on any atom is -0.496 e. The van der Waals surface area contributed by atoms with E-state index < -0.39 is 5.54 Å². The Morgan fingerprint density at radius 3 is 2.45 bits per heavy atom. The second-order valence-electron chi connectivity index (χ2n) is 8.05. The first-order chi connectivity index (χ1) is 14.8. The molecule has 0 atom stereocenters. The zero-order valence-corrected chi connectivity index (χ0v) is 18.0. The summed E-state index contributed by atoms with van der Waals surface area (Å²) in [5, 5.41) is 3.33. The lowest BCUT2D eigenvalue weighted by atomic mass is 9.92. The lowest BCUT2D eigenvalue weighted by Gasteiger charge is -2.39. The maximum atomic E-state index is 13.8. The molecule has 0 unspecified atom stereocenters. The molecule has 0 bridgehead atoms. The van der Waals surface area contributed by atoms with Crippen molar-refractivity contribution in [1.29, 1.82) is 0 Å². The summed E-state index contributed by atoms with van der Waals surface area (Å²) >= 11 is 0. The molecule has 0 radical (unpaired) electrons. The number of benzene rings is 3. The highest BCUT2D eigenvalue weighted by molar-refractivity contribution is 6.08. The number of rotatable bonds is 5. The lowest BCUT2D eigenvalue weighted by molar-refractivity contribution is -0.121. The Hall–Kier alpha value is -3.54. The molecule has 1 aliphatic heterocycles. The zero-order chi connectivity index (χ0) is 22.2. The van der Waals surface area contributed by atoms with E-state index in [1.54, 1.807) is 18.0 Å². The van der Waals surface area contributed by atoms with E-state index in [1.165, 1.54) is 19.2 Å². The van der Waals surface area contributed by atoms with Gasteiger partial charge in [0.15, 0.2) is 0 Å². The van der Waals surface area contributed by atoms with Crippen LogP contribution in [0.1, 0.15) is 19.4 Å². The van der Waals surface area contributed by atoms with Gasteiger partial charge in [0.1, 0.15) is 29.5 Å². The van der Waals surface area contributed by atoms with Gasteiger partial charge in [0.25, 0.3) is 5.91 Å². The molecule has 1 heterocycles. The molecule has 5 nitrogen and oxygen atoms in total. The van der Waals surface area contributed by atoms with Crippen LogP contribution in [0.15, 0.2) is 60.7 Å². The molecular weight excluding hydrogens is 395 g/mol. The first-order valence-corrected chi connectivity index (χ1v) is 10.1. The van der Waals surface area contributed by atoms with Crippen LogP contribution in [0, 0.1) is 5.82 Å². The summed E-state index contributed by atoms with van der Waals surface area (Å²) in [5.74, 6) is 0.703. The normalized spacial score (nSPS) is 14.6. The highest BCUT2D eigenvalue weighted by Gasteiger charge is 2.38. The van der Waals surface area contributed by atoms with E-state index in [-0.39, 0.29) is 18.3 Å². The second kappa shape index (κ2) is 7.95. The van der Waals surface area contributed by atoms with Gasteiger partial charge in [-0.05, 0) is 49.7 Å². The van der Waals surface area contributed by atoms with Crippen molar-refractivity contribution in [3.63, 3.8) is 0 Å². The molecule has 0 aromatic heterocycles. The number of amides is 1. The molecule has 6 heteroatoms. The highest BCUT2D eigenvalue weighted by Crippen LogP contribution is 2.44. The van der Waals surface area contributed by atoms with Crippen molar-refractivity contribution in [2.45, 2.75) is 26.0 Å². The maximum absolute atomic E-state index is 13.8. The Labute approximate surface area is 181 Å². The quantitative estimate of drug-likeness (QED) is 0.613. The Balaban J connectivity index is 1.89. The van der Waals surface area contributed by atoms with Crippen molar-refractivity contribution in [3.05, 3.63) is 72.0 Å². The van der Waals surface area contributed by atoms with Gasteiger partial charge >= 0.3 is 0 Å². The number of methoxy groups -OCH3 is 1. The Kier molecular flexibility index (Phi) is 5.31. The minimum absolute atomic E-state index is 0.0517. The topological polar surface area (TPSA) is 50.8 Å². The fourth-order valence-corrected chi connectivity index (χ4v) is 3.99. The first kappa shape index (κ1) is 20.7. The summed E-state index contributed by atoms with van der Waals surface area (Å²) in [7, 11) is 3.28. The van der Waals surface area contributed by atoms with Crippen molar-refractivity contribution < 1.29 is 18.7 Å². The SMILES string of the molecule is COc1cc(F)ccc1-c1ccc2c(c1COc1ccccc1)N(C)C(=O)C(C)(C)N2. The number of hydrogen-bond donors (Lipinski definition) is 1. The van der Waals surface area contributed by atoms with Crippen LogP contribution in [0.2, 0.25) is 0 Å². The van der Waals surface area contributed by atoms with E-state index in [9.17, 15) is 9.18 Å². The molecule has 4 rings (SSSR count). The molecule has 160 valence electrons. The van der Waals surface area contributed by atoms with E-state index in [0.29, 0.717) is 5.75 Å². The van der Waals surface area contributed by atoms with Crippen LogP contribution in [0.5, 0.6) is 11.5 Å². The average Bonchev–Trinajstić information content (AvgIpc) is 2.76. The molecule has 0 saturated heterocycles. The molecule has 0 fully saturated rings. The number of anilines is 2. The van der Waals surface area contributed by atoms with Gasteiger partial charge in [-0.15, -0.1) is 0 Å². The van der Waals surface area contributed by atoms with Crippen LogP contribution in [0.4, 0.5) is 15.8 Å². The van der Waals surface area contributed by atoms with Crippen molar-refractivity contribution in [3.8, 4) is 22.6 Å². The van der Waals surface area contributed by atoms with Gasteiger partial charge < -0.3 is 19.7 Å². The van der Waals surface area contributed by atoms with Gasteiger partial charge in [0.05, 0.1) is 18.5 Å². The van der Waals surface area contributed by atoms with Crippen LogP contribution >= 0.6 is 0 Å². The third kappa shape index (κ3) is 3.81. The lowest BCUT2D eigenvalue weighted by Crippen LogP contribution is -2.52. The fourth-order valence-electron chi connectivity index (χ4n) is 3.99. The van der Waals surface area contributed by atoms with E-state index in [4.69, 9.17) is 9.47 Å². The minimum atomic E-state index is -0.728. The van der Waals surface area contributed by atoms with Gasteiger partial charge in [-0.1, -0.05) is 24.3 Å².